The molecule has 2 rings (SSSR count). The molecule has 0 unspecified atom stereocenters. The number of hydrogen-bond donors (Lipinski definition) is 1. The molecule has 0 aromatic heterocycles. The second kappa shape index (κ2) is 9.62. The molecular formula is C20H22Cl2N2O3. The average Bonchev–Trinajstić information content (AvgIpc) is 2.66. The molecule has 0 spiro atoms. The fraction of sp³-hybridized carbons (Fsp3) is 0.300. The minimum Gasteiger partial charge on any atom is -0.497 e. The summed E-state index contributed by atoms with van der Waals surface area (Å²) >= 11 is 12.2. The van der Waals surface area contributed by atoms with Gasteiger partial charge in [0, 0.05) is 23.6 Å². The standard InChI is InChI=1S/C20H22Cl2N2O3/c1-13(20(26)23-2)24(12-15-6-7-16(21)11-18(15)22)19(25)10-14-4-8-17(27-3)9-5-14/h4-9,11,13H,10,12H2,1-3H3,(H,23,26)/t13-/m0/s1. The lowest BCUT2D eigenvalue weighted by Crippen LogP contribution is -2.47. The van der Waals surface area contributed by atoms with Crippen molar-refractivity contribution >= 4 is 35.0 Å². The van der Waals surface area contributed by atoms with Gasteiger partial charge in [0.25, 0.3) is 0 Å². The van der Waals surface area contributed by atoms with Crippen LogP contribution in [-0.2, 0) is 22.6 Å². The van der Waals surface area contributed by atoms with Gasteiger partial charge < -0.3 is 15.0 Å². The number of carbonyl (C=O) groups is 2. The van der Waals surface area contributed by atoms with Crippen molar-refractivity contribution in [3.8, 4) is 5.75 Å². The van der Waals surface area contributed by atoms with Gasteiger partial charge in [-0.2, -0.15) is 0 Å². The number of ether oxygens (including phenoxy) is 1. The maximum Gasteiger partial charge on any atom is 0.242 e. The SMILES string of the molecule is CNC(=O)[C@H](C)N(Cc1ccc(Cl)cc1Cl)C(=O)Cc1ccc(OC)cc1. The molecule has 0 radical (unpaired) electrons. The third-order valence-electron chi connectivity index (χ3n) is 4.28. The summed E-state index contributed by atoms with van der Waals surface area (Å²) in [7, 11) is 3.13. The maximum atomic E-state index is 13.0. The van der Waals surface area contributed by atoms with Crippen LogP contribution in [0, 0.1) is 0 Å². The van der Waals surface area contributed by atoms with Crippen LogP contribution in [-0.4, -0.2) is 36.9 Å². The number of hydrogen-bond acceptors (Lipinski definition) is 3. The molecule has 1 atom stereocenters. The maximum absolute atomic E-state index is 13.0. The number of carbonyl (C=O) groups excluding carboxylic acids is 2. The van der Waals surface area contributed by atoms with Crippen molar-refractivity contribution in [2.75, 3.05) is 14.2 Å². The Kier molecular flexibility index (Phi) is 7.51. The molecule has 2 aromatic carbocycles. The van der Waals surface area contributed by atoms with Gasteiger partial charge in [0.15, 0.2) is 0 Å². The number of nitrogens with one attached hydrogen (secondary N) is 1. The first-order valence-corrected chi connectivity index (χ1v) is 9.19. The molecule has 1 N–H and O–H groups in total. The van der Waals surface area contributed by atoms with Crippen LogP contribution in [0.15, 0.2) is 42.5 Å². The highest BCUT2D eigenvalue weighted by Crippen LogP contribution is 2.23. The molecule has 0 bridgehead atoms. The molecule has 0 heterocycles. The zero-order valence-electron chi connectivity index (χ0n) is 15.5. The van der Waals surface area contributed by atoms with E-state index in [1.54, 1.807) is 51.4 Å². The minimum absolute atomic E-state index is 0.163. The quantitative estimate of drug-likeness (QED) is 0.759. The van der Waals surface area contributed by atoms with Gasteiger partial charge in [-0.1, -0.05) is 41.4 Å². The number of benzene rings is 2. The van der Waals surface area contributed by atoms with Gasteiger partial charge in [-0.25, -0.2) is 0 Å². The summed E-state index contributed by atoms with van der Waals surface area (Å²) in [6, 6.07) is 11.7. The van der Waals surface area contributed by atoms with Gasteiger partial charge in [-0.3, -0.25) is 9.59 Å². The molecule has 0 saturated heterocycles. The summed E-state index contributed by atoms with van der Waals surface area (Å²) in [6.07, 6.45) is 0.163. The molecule has 0 aliphatic carbocycles. The van der Waals surface area contributed by atoms with E-state index in [1.165, 1.54) is 4.90 Å². The van der Waals surface area contributed by atoms with Crippen molar-refractivity contribution < 1.29 is 14.3 Å². The molecule has 5 nitrogen and oxygen atoms in total. The third kappa shape index (κ3) is 5.62. The predicted molar refractivity (Wildman–Crippen MR) is 107 cm³/mol. The summed E-state index contributed by atoms with van der Waals surface area (Å²) in [5.41, 5.74) is 1.55. The van der Waals surface area contributed by atoms with Crippen LogP contribution in [0.1, 0.15) is 18.1 Å². The summed E-state index contributed by atoms with van der Waals surface area (Å²) < 4.78 is 5.13. The molecule has 144 valence electrons. The van der Waals surface area contributed by atoms with Crippen molar-refractivity contribution in [1.82, 2.24) is 10.2 Å². The first kappa shape index (κ1) is 21.1. The van der Waals surface area contributed by atoms with E-state index in [-0.39, 0.29) is 24.8 Å². The van der Waals surface area contributed by atoms with Gasteiger partial charge in [0.05, 0.1) is 13.5 Å². The molecule has 2 aromatic rings. The van der Waals surface area contributed by atoms with Gasteiger partial charge in [0.2, 0.25) is 11.8 Å². The van der Waals surface area contributed by atoms with Gasteiger partial charge >= 0.3 is 0 Å². The Morgan fingerprint density at radius 1 is 1.15 bits per heavy atom. The smallest absolute Gasteiger partial charge is 0.242 e. The first-order valence-electron chi connectivity index (χ1n) is 8.43. The zero-order valence-corrected chi connectivity index (χ0v) is 17.0. The van der Waals surface area contributed by atoms with Gasteiger partial charge in [-0.05, 0) is 42.3 Å². The van der Waals surface area contributed by atoms with Crippen LogP contribution in [0.25, 0.3) is 0 Å². The number of amides is 2. The van der Waals surface area contributed by atoms with E-state index >= 15 is 0 Å². The molecule has 7 heteroatoms. The van der Waals surface area contributed by atoms with Gasteiger partial charge in [-0.15, -0.1) is 0 Å². The monoisotopic (exact) mass is 408 g/mol. The normalized spacial score (nSPS) is 11.6. The van der Waals surface area contributed by atoms with Crippen molar-refractivity contribution in [3.05, 3.63) is 63.6 Å². The fourth-order valence-corrected chi connectivity index (χ4v) is 3.11. The van der Waals surface area contributed by atoms with Crippen LogP contribution < -0.4 is 10.1 Å². The molecule has 27 heavy (non-hydrogen) atoms. The van der Waals surface area contributed by atoms with Crippen molar-refractivity contribution in [2.24, 2.45) is 0 Å². The van der Waals surface area contributed by atoms with Crippen molar-refractivity contribution in [1.29, 1.82) is 0 Å². The molecule has 0 aliphatic rings. The second-order valence-electron chi connectivity index (χ2n) is 6.07. The van der Waals surface area contributed by atoms with Crippen LogP contribution >= 0.6 is 23.2 Å². The zero-order chi connectivity index (χ0) is 20.0. The van der Waals surface area contributed by atoms with E-state index in [0.717, 1.165) is 16.9 Å². The highest BCUT2D eigenvalue weighted by Gasteiger charge is 2.26. The van der Waals surface area contributed by atoms with E-state index < -0.39 is 6.04 Å². The third-order valence-corrected chi connectivity index (χ3v) is 4.87. The Morgan fingerprint density at radius 3 is 2.37 bits per heavy atom. The lowest BCUT2D eigenvalue weighted by Gasteiger charge is -2.29. The average molecular weight is 409 g/mol. The van der Waals surface area contributed by atoms with Crippen LogP contribution in [0.4, 0.5) is 0 Å². The summed E-state index contributed by atoms with van der Waals surface area (Å²) in [5, 5.41) is 3.55. The number of likely N-dealkylation sites (N-methyl/N-ethyl adjacent to an activating group) is 1. The largest absolute Gasteiger partial charge is 0.497 e. The van der Waals surface area contributed by atoms with Crippen molar-refractivity contribution in [2.45, 2.75) is 25.9 Å². The van der Waals surface area contributed by atoms with Crippen molar-refractivity contribution in [3.63, 3.8) is 0 Å². The van der Waals surface area contributed by atoms with Crippen LogP contribution in [0.3, 0.4) is 0 Å². The lowest BCUT2D eigenvalue weighted by atomic mass is 10.1. The Bertz CT molecular complexity index is 809. The molecule has 0 aliphatic heterocycles. The molecule has 0 fully saturated rings. The predicted octanol–water partition coefficient (Wildman–Crippen LogP) is 3.71. The number of rotatable bonds is 7. The minimum atomic E-state index is -0.646. The first-order chi connectivity index (χ1) is 12.8. The van der Waals surface area contributed by atoms with E-state index in [0.29, 0.717) is 10.0 Å². The highest BCUT2D eigenvalue weighted by molar-refractivity contribution is 6.35. The Morgan fingerprint density at radius 2 is 1.81 bits per heavy atom. The van der Waals surface area contributed by atoms with E-state index in [1.807, 2.05) is 12.1 Å². The van der Waals surface area contributed by atoms with Crippen LogP contribution in [0.5, 0.6) is 5.75 Å². The highest BCUT2D eigenvalue weighted by atomic mass is 35.5. The lowest BCUT2D eigenvalue weighted by molar-refractivity contribution is -0.139. The Labute approximate surface area is 169 Å². The second-order valence-corrected chi connectivity index (χ2v) is 6.92. The van der Waals surface area contributed by atoms with E-state index in [4.69, 9.17) is 27.9 Å². The van der Waals surface area contributed by atoms with E-state index in [9.17, 15) is 9.59 Å². The van der Waals surface area contributed by atoms with E-state index in [2.05, 4.69) is 5.32 Å². The summed E-state index contributed by atoms with van der Waals surface area (Å²) in [6.45, 7) is 1.90. The summed E-state index contributed by atoms with van der Waals surface area (Å²) in [5.74, 6) is 0.292. The Hall–Kier alpha value is -2.24. The molecule has 0 saturated carbocycles. The molecular weight excluding hydrogens is 387 g/mol. The van der Waals surface area contributed by atoms with Gasteiger partial charge in [0.1, 0.15) is 11.8 Å². The number of nitrogens with zero attached hydrogens (tertiary/aromatic N) is 1. The number of halogens is 2. The Balaban J connectivity index is 2.24. The molecule has 2 amide bonds. The number of methoxy groups -OCH3 is 1. The summed E-state index contributed by atoms with van der Waals surface area (Å²) in [4.78, 5) is 26.6. The van der Waals surface area contributed by atoms with Crippen LogP contribution in [0.2, 0.25) is 10.0 Å². The topological polar surface area (TPSA) is 58.6 Å². The fourth-order valence-electron chi connectivity index (χ4n) is 2.64.